The molecule has 1 amide bonds. The van der Waals surface area contributed by atoms with Gasteiger partial charge < -0.3 is 15.0 Å². The number of hydrogen-bond acceptors (Lipinski definition) is 6. The average molecular weight is 371 g/mol. The summed E-state index contributed by atoms with van der Waals surface area (Å²) in [5, 5.41) is 8.38. The highest BCUT2D eigenvalue weighted by atomic mass is 32.1. The summed E-state index contributed by atoms with van der Waals surface area (Å²) in [7, 11) is 1.90. The van der Waals surface area contributed by atoms with Gasteiger partial charge in [-0.2, -0.15) is 5.10 Å². The van der Waals surface area contributed by atoms with E-state index in [1.165, 1.54) is 11.3 Å². The Kier molecular flexibility index (Phi) is 4.60. The summed E-state index contributed by atoms with van der Waals surface area (Å²) in [6, 6.07) is 7.82. The molecule has 1 fully saturated rings. The van der Waals surface area contributed by atoms with Crippen molar-refractivity contribution in [1.82, 2.24) is 20.1 Å². The fourth-order valence-electron chi connectivity index (χ4n) is 3.11. The maximum absolute atomic E-state index is 12.5. The second kappa shape index (κ2) is 7.05. The number of nitrogens with one attached hydrogen (secondary N) is 1. The Bertz CT molecular complexity index is 908. The third-order valence-corrected chi connectivity index (χ3v) is 5.68. The highest BCUT2D eigenvalue weighted by Gasteiger charge is 2.16. The molecule has 7 nitrogen and oxygen atoms in total. The van der Waals surface area contributed by atoms with E-state index in [-0.39, 0.29) is 5.91 Å². The smallest absolute Gasteiger partial charge is 0.261 e. The molecule has 0 saturated carbocycles. The molecule has 4 rings (SSSR count). The molecule has 3 aromatic rings. The monoisotopic (exact) mass is 371 g/mol. The van der Waals surface area contributed by atoms with E-state index >= 15 is 0 Å². The highest BCUT2D eigenvalue weighted by Crippen LogP contribution is 2.27. The maximum Gasteiger partial charge on any atom is 0.261 e. The zero-order chi connectivity index (χ0) is 18.1. The van der Waals surface area contributed by atoms with Crippen LogP contribution < -0.4 is 10.2 Å². The van der Waals surface area contributed by atoms with Crippen LogP contribution in [0.4, 0.5) is 5.82 Å². The zero-order valence-electron chi connectivity index (χ0n) is 14.9. The van der Waals surface area contributed by atoms with E-state index in [9.17, 15) is 4.79 Å². The number of aryl methyl sites for hydroxylation is 2. The molecule has 26 heavy (non-hydrogen) atoms. The second-order valence-electron chi connectivity index (χ2n) is 6.31. The van der Waals surface area contributed by atoms with Gasteiger partial charge >= 0.3 is 0 Å². The van der Waals surface area contributed by atoms with E-state index in [2.05, 4.69) is 20.3 Å². The van der Waals surface area contributed by atoms with Gasteiger partial charge in [-0.3, -0.25) is 9.48 Å². The molecule has 8 heteroatoms. The van der Waals surface area contributed by atoms with Crippen LogP contribution in [0, 0.1) is 6.92 Å². The lowest BCUT2D eigenvalue weighted by atomic mass is 10.3. The van der Waals surface area contributed by atoms with Gasteiger partial charge in [0.25, 0.3) is 5.91 Å². The molecule has 0 unspecified atom stereocenters. The van der Waals surface area contributed by atoms with Crippen LogP contribution in [-0.4, -0.2) is 47.0 Å². The Labute approximate surface area is 155 Å². The Hall–Kier alpha value is -2.45. The number of aromatic nitrogens is 3. The lowest BCUT2D eigenvalue weighted by Crippen LogP contribution is -2.37. The van der Waals surface area contributed by atoms with Crippen molar-refractivity contribution < 1.29 is 9.53 Å². The van der Waals surface area contributed by atoms with E-state index in [1.54, 1.807) is 0 Å². The van der Waals surface area contributed by atoms with Crippen LogP contribution in [0.25, 0.3) is 10.2 Å². The molecular formula is C18H21N5O2S. The van der Waals surface area contributed by atoms with Crippen molar-refractivity contribution in [1.29, 1.82) is 0 Å². The first-order valence-electron chi connectivity index (χ1n) is 8.62. The molecule has 136 valence electrons. The van der Waals surface area contributed by atoms with Crippen molar-refractivity contribution in [2.75, 3.05) is 31.2 Å². The average Bonchev–Trinajstić information content (AvgIpc) is 3.22. The first-order chi connectivity index (χ1) is 12.6. The molecule has 1 saturated heterocycles. The number of thiophene rings is 1. The Balaban J connectivity index is 1.44. The minimum Gasteiger partial charge on any atom is -0.378 e. The van der Waals surface area contributed by atoms with Gasteiger partial charge in [0.15, 0.2) is 0 Å². The molecule has 1 aliphatic rings. The molecule has 4 heterocycles. The SMILES string of the molecule is Cc1nn(C)c2sc(C(=O)NCc3cccc(N4CCOCC4)n3)cc12. The van der Waals surface area contributed by atoms with Gasteiger partial charge in [-0.1, -0.05) is 6.07 Å². The van der Waals surface area contributed by atoms with Crippen LogP contribution >= 0.6 is 11.3 Å². The molecule has 0 aromatic carbocycles. The van der Waals surface area contributed by atoms with Gasteiger partial charge in [-0.25, -0.2) is 4.98 Å². The van der Waals surface area contributed by atoms with Gasteiger partial charge in [0.2, 0.25) is 0 Å². The highest BCUT2D eigenvalue weighted by molar-refractivity contribution is 7.20. The van der Waals surface area contributed by atoms with Crippen LogP contribution in [0.15, 0.2) is 24.3 Å². The van der Waals surface area contributed by atoms with Crippen molar-refractivity contribution in [2.45, 2.75) is 13.5 Å². The summed E-state index contributed by atoms with van der Waals surface area (Å²) >= 11 is 1.46. The van der Waals surface area contributed by atoms with Gasteiger partial charge in [0.05, 0.1) is 36.0 Å². The number of nitrogens with zero attached hydrogens (tertiary/aromatic N) is 4. The number of carbonyl (C=O) groups is 1. The zero-order valence-corrected chi connectivity index (χ0v) is 15.7. The van der Waals surface area contributed by atoms with Gasteiger partial charge in [-0.05, 0) is 25.1 Å². The maximum atomic E-state index is 12.5. The summed E-state index contributed by atoms with van der Waals surface area (Å²) in [4.78, 5) is 21.1. The van der Waals surface area contributed by atoms with E-state index in [0.29, 0.717) is 11.4 Å². The fraction of sp³-hybridized carbons (Fsp3) is 0.389. The van der Waals surface area contributed by atoms with Crippen LogP contribution in [0.5, 0.6) is 0 Å². The number of pyridine rings is 1. The fourth-order valence-corrected chi connectivity index (χ4v) is 4.15. The van der Waals surface area contributed by atoms with Crippen LogP contribution in [0.1, 0.15) is 21.1 Å². The van der Waals surface area contributed by atoms with E-state index in [1.807, 2.05) is 42.9 Å². The standard InChI is InChI=1S/C18H21N5O2S/c1-12-14-10-15(26-18(14)22(2)21-12)17(24)19-11-13-4-3-5-16(20-13)23-6-8-25-9-7-23/h3-5,10H,6-9,11H2,1-2H3,(H,19,24). The number of anilines is 1. The van der Waals surface area contributed by atoms with E-state index < -0.39 is 0 Å². The molecule has 0 bridgehead atoms. The predicted molar refractivity (Wildman–Crippen MR) is 102 cm³/mol. The first kappa shape index (κ1) is 17.0. The summed E-state index contributed by atoms with van der Waals surface area (Å²) in [6.07, 6.45) is 0. The van der Waals surface area contributed by atoms with Crippen LogP contribution in [0.3, 0.4) is 0 Å². The largest absolute Gasteiger partial charge is 0.378 e. The van der Waals surface area contributed by atoms with E-state index in [4.69, 9.17) is 4.74 Å². The minimum atomic E-state index is -0.0795. The second-order valence-corrected chi connectivity index (χ2v) is 7.34. The van der Waals surface area contributed by atoms with Crippen molar-refractivity contribution in [3.8, 4) is 0 Å². The molecule has 0 aliphatic carbocycles. The number of morpholine rings is 1. The summed E-state index contributed by atoms with van der Waals surface area (Å²) < 4.78 is 7.20. The van der Waals surface area contributed by atoms with Gasteiger partial charge in [0.1, 0.15) is 10.6 Å². The molecule has 0 spiro atoms. The molecular weight excluding hydrogens is 350 g/mol. The topological polar surface area (TPSA) is 72.3 Å². The van der Waals surface area contributed by atoms with Gasteiger partial charge in [0, 0.05) is 25.5 Å². The summed E-state index contributed by atoms with van der Waals surface area (Å²) in [5.41, 5.74) is 1.79. The van der Waals surface area contributed by atoms with Crippen molar-refractivity contribution in [2.24, 2.45) is 7.05 Å². The number of ether oxygens (including phenoxy) is 1. The number of carbonyl (C=O) groups excluding carboxylic acids is 1. The summed E-state index contributed by atoms with van der Waals surface area (Å²) in [6.45, 7) is 5.50. The normalized spacial score (nSPS) is 14.8. The van der Waals surface area contributed by atoms with E-state index in [0.717, 1.165) is 53.7 Å². The molecule has 0 radical (unpaired) electrons. The lowest BCUT2D eigenvalue weighted by molar-refractivity contribution is 0.0954. The predicted octanol–water partition coefficient (Wildman–Crippen LogP) is 2.10. The van der Waals surface area contributed by atoms with Crippen LogP contribution in [-0.2, 0) is 18.3 Å². The Morgan fingerprint density at radius 1 is 1.35 bits per heavy atom. The molecule has 1 N–H and O–H groups in total. The Morgan fingerprint density at radius 2 is 2.15 bits per heavy atom. The van der Waals surface area contributed by atoms with Crippen LogP contribution in [0.2, 0.25) is 0 Å². The summed E-state index contributed by atoms with van der Waals surface area (Å²) in [5.74, 6) is 0.854. The third kappa shape index (κ3) is 3.30. The minimum absolute atomic E-state index is 0.0795. The van der Waals surface area contributed by atoms with Crippen molar-refractivity contribution >= 4 is 33.3 Å². The molecule has 0 atom stereocenters. The van der Waals surface area contributed by atoms with Crippen molar-refractivity contribution in [3.05, 3.63) is 40.5 Å². The number of amides is 1. The third-order valence-electron chi connectivity index (χ3n) is 4.48. The number of hydrogen-bond donors (Lipinski definition) is 1. The number of rotatable bonds is 4. The first-order valence-corrected chi connectivity index (χ1v) is 9.43. The molecule has 1 aliphatic heterocycles. The Morgan fingerprint density at radius 3 is 2.92 bits per heavy atom. The number of fused-ring (bicyclic) bond motifs is 1. The van der Waals surface area contributed by atoms with Gasteiger partial charge in [-0.15, -0.1) is 11.3 Å². The lowest BCUT2D eigenvalue weighted by Gasteiger charge is -2.28. The quantitative estimate of drug-likeness (QED) is 0.760. The molecule has 3 aromatic heterocycles. The van der Waals surface area contributed by atoms with Crippen molar-refractivity contribution in [3.63, 3.8) is 0 Å².